The van der Waals surface area contributed by atoms with Gasteiger partial charge in [-0.2, -0.15) is 0 Å². The third kappa shape index (κ3) is 4.82. The SMILES string of the molecule is Cl.O=C(OCC1CCCNC1)C1CCOCC1. The van der Waals surface area contributed by atoms with Crippen molar-refractivity contribution in [1.82, 2.24) is 5.32 Å². The standard InChI is InChI=1S/C12H21NO3.ClH/c14-12(11-3-6-15-7-4-11)16-9-10-2-1-5-13-8-10;/h10-11,13H,1-9H2;1H. The number of ether oxygens (including phenoxy) is 2. The Morgan fingerprint density at radius 2 is 2.06 bits per heavy atom. The maximum Gasteiger partial charge on any atom is 0.309 e. The monoisotopic (exact) mass is 263 g/mol. The van der Waals surface area contributed by atoms with Gasteiger partial charge in [-0.15, -0.1) is 12.4 Å². The molecule has 2 saturated heterocycles. The summed E-state index contributed by atoms with van der Waals surface area (Å²) in [7, 11) is 0. The molecule has 17 heavy (non-hydrogen) atoms. The molecule has 0 aliphatic carbocycles. The van der Waals surface area contributed by atoms with E-state index in [1.165, 1.54) is 12.8 Å². The molecule has 2 aliphatic heterocycles. The number of carbonyl (C=O) groups is 1. The van der Waals surface area contributed by atoms with Crippen molar-refractivity contribution < 1.29 is 14.3 Å². The zero-order valence-corrected chi connectivity index (χ0v) is 11.0. The molecule has 0 saturated carbocycles. The highest BCUT2D eigenvalue weighted by molar-refractivity contribution is 5.85. The molecule has 4 nitrogen and oxygen atoms in total. The van der Waals surface area contributed by atoms with Crippen molar-refractivity contribution in [2.45, 2.75) is 25.7 Å². The Morgan fingerprint density at radius 1 is 1.29 bits per heavy atom. The molecule has 5 heteroatoms. The van der Waals surface area contributed by atoms with Crippen LogP contribution in [0.1, 0.15) is 25.7 Å². The van der Waals surface area contributed by atoms with E-state index in [-0.39, 0.29) is 24.3 Å². The van der Waals surface area contributed by atoms with Gasteiger partial charge >= 0.3 is 5.97 Å². The fourth-order valence-electron chi connectivity index (χ4n) is 2.32. The highest BCUT2D eigenvalue weighted by Crippen LogP contribution is 2.17. The lowest BCUT2D eigenvalue weighted by atomic mass is 9.99. The molecule has 1 atom stereocenters. The molecule has 0 bridgehead atoms. The van der Waals surface area contributed by atoms with Crippen LogP contribution in [0, 0.1) is 11.8 Å². The van der Waals surface area contributed by atoms with Crippen molar-refractivity contribution in [3.8, 4) is 0 Å². The number of carbonyl (C=O) groups excluding carboxylic acids is 1. The minimum absolute atomic E-state index is 0. The Kier molecular flexibility index (Phi) is 6.85. The molecule has 0 spiro atoms. The first-order valence-corrected chi connectivity index (χ1v) is 6.31. The zero-order chi connectivity index (χ0) is 11.2. The van der Waals surface area contributed by atoms with Crippen molar-refractivity contribution >= 4 is 18.4 Å². The average Bonchev–Trinajstić information content (AvgIpc) is 2.38. The average molecular weight is 264 g/mol. The van der Waals surface area contributed by atoms with E-state index >= 15 is 0 Å². The summed E-state index contributed by atoms with van der Waals surface area (Å²) >= 11 is 0. The maximum atomic E-state index is 11.7. The van der Waals surface area contributed by atoms with Crippen molar-refractivity contribution in [3.05, 3.63) is 0 Å². The molecule has 2 fully saturated rings. The van der Waals surface area contributed by atoms with Gasteiger partial charge in [0.25, 0.3) is 0 Å². The van der Waals surface area contributed by atoms with Crippen LogP contribution < -0.4 is 5.32 Å². The lowest BCUT2D eigenvalue weighted by Gasteiger charge is -2.24. The Morgan fingerprint density at radius 3 is 2.71 bits per heavy atom. The summed E-state index contributed by atoms with van der Waals surface area (Å²) < 4.78 is 10.6. The third-order valence-electron chi connectivity index (χ3n) is 3.41. The number of rotatable bonds is 3. The van der Waals surface area contributed by atoms with Gasteiger partial charge < -0.3 is 14.8 Å². The molecule has 0 amide bonds. The topological polar surface area (TPSA) is 47.6 Å². The van der Waals surface area contributed by atoms with Crippen LogP contribution in [0.5, 0.6) is 0 Å². The number of esters is 1. The molecule has 1 unspecified atom stereocenters. The summed E-state index contributed by atoms with van der Waals surface area (Å²) in [6.07, 6.45) is 4.01. The first-order valence-electron chi connectivity index (χ1n) is 6.31. The van der Waals surface area contributed by atoms with Crippen LogP contribution in [-0.2, 0) is 14.3 Å². The Balaban J connectivity index is 0.00000144. The fourth-order valence-corrected chi connectivity index (χ4v) is 2.32. The number of piperidine rings is 1. The fraction of sp³-hybridized carbons (Fsp3) is 0.917. The molecule has 2 rings (SSSR count). The molecule has 2 heterocycles. The van der Waals surface area contributed by atoms with Gasteiger partial charge in [-0.3, -0.25) is 4.79 Å². The molecular weight excluding hydrogens is 242 g/mol. The van der Waals surface area contributed by atoms with E-state index in [9.17, 15) is 4.79 Å². The second kappa shape index (κ2) is 7.90. The summed E-state index contributed by atoms with van der Waals surface area (Å²) in [6.45, 7) is 4.07. The molecule has 0 aromatic rings. The summed E-state index contributed by atoms with van der Waals surface area (Å²) in [5, 5.41) is 3.33. The molecule has 1 N–H and O–H groups in total. The van der Waals surface area contributed by atoms with E-state index < -0.39 is 0 Å². The van der Waals surface area contributed by atoms with Crippen LogP contribution in [0.2, 0.25) is 0 Å². The van der Waals surface area contributed by atoms with Gasteiger partial charge in [-0.1, -0.05) is 0 Å². The van der Waals surface area contributed by atoms with Gasteiger partial charge in [0, 0.05) is 25.7 Å². The zero-order valence-electron chi connectivity index (χ0n) is 10.2. The Hall–Kier alpha value is -0.320. The second-order valence-corrected chi connectivity index (χ2v) is 4.73. The van der Waals surface area contributed by atoms with E-state index in [0.717, 1.165) is 25.9 Å². The minimum Gasteiger partial charge on any atom is -0.465 e. The number of hydrogen-bond acceptors (Lipinski definition) is 4. The number of nitrogens with one attached hydrogen (secondary N) is 1. The van der Waals surface area contributed by atoms with Gasteiger partial charge in [0.15, 0.2) is 0 Å². The van der Waals surface area contributed by atoms with Gasteiger partial charge in [0.2, 0.25) is 0 Å². The highest BCUT2D eigenvalue weighted by atomic mass is 35.5. The first-order chi connectivity index (χ1) is 7.86. The van der Waals surface area contributed by atoms with Crippen molar-refractivity contribution in [3.63, 3.8) is 0 Å². The number of halogens is 1. The molecule has 0 aromatic carbocycles. The minimum atomic E-state index is -0.0196. The van der Waals surface area contributed by atoms with Crippen LogP contribution in [0.25, 0.3) is 0 Å². The van der Waals surface area contributed by atoms with Crippen LogP contribution in [0.4, 0.5) is 0 Å². The normalized spacial score (nSPS) is 26.0. The van der Waals surface area contributed by atoms with Crippen LogP contribution >= 0.6 is 12.4 Å². The molecule has 0 aromatic heterocycles. The second-order valence-electron chi connectivity index (χ2n) is 4.73. The molecule has 0 radical (unpaired) electrons. The lowest BCUT2D eigenvalue weighted by Crippen LogP contribution is -2.34. The van der Waals surface area contributed by atoms with E-state index in [1.807, 2.05) is 0 Å². The first kappa shape index (κ1) is 14.7. The summed E-state index contributed by atoms with van der Waals surface area (Å²) in [4.78, 5) is 11.7. The van der Waals surface area contributed by atoms with Crippen LogP contribution in [0.15, 0.2) is 0 Å². The lowest BCUT2D eigenvalue weighted by molar-refractivity contribution is -0.153. The van der Waals surface area contributed by atoms with E-state index in [1.54, 1.807) is 0 Å². The quantitative estimate of drug-likeness (QED) is 0.782. The maximum absolute atomic E-state index is 11.7. The van der Waals surface area contributed by atoms with Crippen molar-refractivity contribution in [1.29, 1.82) is 0 Å². The summed E-state index contributed by atoms with van der Waals surface area (Å²) in [6, 6.07) is 0. The van der Waals surface area contributed by atoms with Crippen molar-refractivity contribution in [2.75, 3.05) is 32.9 Å². The van der Waals surface area contributed by atoms with Crippen molar-refractivity contribution in [2.24, 2.45) is 11.8 Å². The van der Waals surface area contributed by atoms with E-state index in [2.05, 4.69) is 5.32 Å². The Bertz CT molecular complexity index is 226. The highest BCUT2D eigenvalue weighted by Gasteiger charge is 2.24. The molecule has 100 valence electrons. The summed E-state index contributed by atoms with van der Waals surface area (Å²) in [5.41, 5.74) is 0. The van der Waals surface area contributed by atoms with Gasteiger partial charge in [0.05, 0.1) is 12.5 Å². The summed E-state index contributed by atoms with van der Waals surface area (Å²) in [5.74, 6) is 0.566. The van der Waals surface area contributed by atoms with E-state index in [4.69, 9.17) is 9.47 Å². The van der Waals surface area contributed by atoms with E-state index in [0.29, 0.717) is 25.7 Å². The van der Waals surface area contributed by atoms with Crippen LogP contribution in [0.3, 0.4) is 0 Å². The third-order valence-corrected chi connectivity index (χ3v) is 3.41. The predicted molar refractivity (Wildman–Crippen MR) is 67.3 cm³/mol. The van der Waals surface area contributed by atoms with Gasteiger partial charge in [-0.25, -0.2) is 0 Å². The van der Waals surface area contributed by atoms with Gasteiger partial charge in [-0.05, 0) is 32.2 Å². The van der Waals surface area contributed by atoms with Gasteiger partial charge in [0.1, 0.15) is 0 Å². The smallest absolute Gasteiger partial charge is 0.309 e. The van der Waals surface area contributed by atoms with Crippen LogP contribution in [-0.4, -0.2) is 38.9 Å². The molecule has 2 aliphatic rings. The molecular formula is C12H22ClNO3. The Labute approximate surface area is 109 Å². The largest absolute Gasteiger partial charge is 0.465 e. The number of hydrogen-bond donors (Lipinski definition) is 1. The predicted octanol–water partition coefficient (Wildman–Crippen LogP) is 1.38.